The summed E-state index contributed by atoms with van der Waals surface area (Å²) in [5.74, 6) is -0.497. The van der Waals surface area contributed by atoms with Crippen molar-refractivity contribution in [2.24, 2.45) is 0 Å². The van der Waals surface area contributed by atoms with Gasteiger partial charge in [-0.3, -0.25) is 14.4 Å². The van der Waals surface area contributed by atoms with Crippen molar-refractivity contribution in [3.63, 3.8) is 0 Å². The molecule has 2 aromatic carbocycles. The Morgan fingerprint density at radius 2 is 1.24 bits per heavy atom. The number of amides is 2. The number of nitrogens with one attached hydrogen (secondary N) is 3. The number of anilines is 4. The van der Waals surface area contributed by atoms with Crippen LogP contribution in [0.1, 0.15) is 34.7 Å². The minimum Gasteiger partial charge on any atom is -0.354 e. The first kappa shape index (κ1) is 19.8. The van der Waals surface area contributed by atoms with Crippen molar-refractivity contribution in [1.29, 1.82) is 0 Å². The summed E-state index contributed by atoms with van der Waals surface area (Å²) in [6.07, 6.45) is 1.56. The fourth-order valence-electron chi connectivity index (χ4n) is 2.59. The van der Waals surface area contributed by atoms with E-state index in [0.29, 0.717) is 16.9 Å². The number of ketones is 1. The molecule has 2 amide bonds. The number of pyridine rings is 1. The molecule has 0 spiro atoms. The van der Waals surface area contributed by atoms with E-state index in [9.17, 15) is 14.4 Å². The van der Waals surface area contributed by atoms with Gasteiger partial charge in [-0.25, -0.2) is 4.98 Å². The molecule has 0 unspecified atom stereocenters. The van der Waals surface area contributed by atoms with E-state index in [1.165, 1.54) is 13.8 Å². The maximum absolute atomic E-state index is 12.3. The number of rotatable bonds is 6. The van der Waals surface area contributed by atoms with Crippen LogP contribution in [0.2, 0.25) is 0 Å². The van der Waals surface area contributed by atoms with Crippen LogP contribution in [-0.4, -0.2) is 22.6 Å². The Hall–Kier alpha value is -4.00. The summed E-state index contributed by atoms with van der Waals surface area (Å²) in [6, 6.07) is 17.3. The third-order valence-electron chi connectivity index (χ3n) is 4.04. The first-order chi connectivity index (χ1) is 13.9. The second-order valence-electron chi connectivity index (χ2n) is 6.40. The second kappa shape index (κ2) is 8.79. The third kappa shape index (κ3) is 5.49. The van der Waals surface area contributed by atoms with Gasteiger partial charge in [0.2, 0.25) is 5.91 Å². The highest BCUT2D eigenvalue weighted by Gasteiger charge is 2.08. The minimum absolute atomic E-state index is 0.0302. The number of Topliss-reactive ketones (excluding diaryl/α,β-unsaturated/α-hetero) is 1. The van der Waals surface area contributed by atoms with Gasteiger partial charge < -0.3 is 16.0 Å². The van der Waals surface area contributed by atoms with Gasteiger partial charge in [0.25, 0.3) is 5.91 Å². The van der Waals surface area contributed by atoms with Crippen LogP contribution in [0.4, 0.5) is 22.7 Å². The predicted molar refractivity (Wildman–Crippen MR) is 113 cm³/mol. The molecule has 0 saturated carbocycles. The van der Waals surface area contributed by atoms with Gasteiger partial charge in [-0.2, -0.15) is 0 Å². The van der Waals surface area contributed by atoms with Gasteiger partial charge in [-0.05, 0) is 67.6 Å². The molecule has 146 valence electrons. The van der Waals surface area contributed by atoms with Crippen LogP contribution in [0.3, 0.4) is 0 Å². The molecular weight excluding hydrogens is 368 g/mol. The first-order valence-electron chi connectivity index (χ1n) is 8.94. The summed E-state index contributed by atoms with van der Waals surface area (Å²) in [6.45, 7) is 2.95. The Morgan fingerprint density at radius 1 is 0.690 bits per heavy atom. The smallest absolute Gasteiger partial charge is 0.274 e. The lowest BCUT2D eigenvalue weighted by molar-refractivity contribution is -0.114. The zero-order chi connectivity index (χ0) is 20.8. The normalized spacial score (nSPS) is 10.1. The monoisotopic (exact) mass is 388 g/mol. The number of carbonyl (C=O) groups excluding carboxylic acids is 3. The highest BCUT2D eigenvalue weighted by Crippen LogP contribution is 2.19. The van der Waals surface area contributed by atoms with Gasteiger partial charge in [0.15, 0.2) is 5.78 Å². The van der Waals surface area contributed by atoms with Crippen LogP contribution in [0.5, 0.6) is 0 Å². The summed E-state index contributed by atoms with van der Waals surface area (Å²) >= 11 is 0. The summed E-state index contributed by atoms with van der Waals surface area (Å²) < 4.78 is 0. The molecule has 3 aromatic rings. The van der Waals surface area contributed by atoms with Crippen molar-refractivity contribution in [3.8, 4) is 0 Å². The van der Waals surface area contributed by atoms with Gasteiger partial charge in [0.1, 0.15) is 5.69 Å². The van der Waals surface area contributed by atoms with Gasteiger partial charge in [0.05, 0.1) is 11.9 Å². The molecule has 3 rings (SSSR count). The number of benzene rings is 2. The Balaban J connectivity index is 1.61. The molecule has 1 aromatic heterocycles. The summed E-state index contributed by atoms with van der Waals surface area (Å²) in [5.41, 5.74) is 3.70. The van der Waals surface area contributed by atoms with Crippen LogP contribution in [-0.2, 0) is 4.79 Å². The molecule has 0 saturated heterocycles. The lowest BCUT2D eigenvalue weighted by Gasteiger charge is -2.09. The molecule has 0 radical (unpaired) electrons. The van der Waals surface area contributed by atoms with E-state index < -0.39 is 0 Å². The Bertz CT molecular complexity index is 1030. The SMILES string of the molecule is CC(=O)Nc1ccc(Nc2ccc(C(=O)Nc3ccc(C(C)=O)cc3)nc2)cc1. The Kier molecular flexibility index (Phi) is 5.99. The van der Waals surface area contributed by atoms with E-state index in [1.54, 1.807) is 54.7 Å². The average Bonchev–Trinajstić information content (AvgIpc) is 2.70. The van der Waals surface area contributed by atoms with Gasteiger partial charge in [0, 0.05) is 29.5 Å². The fraction of sp³-hybridized carbons (Fsp3) is 0.0909. The van der Waals surface area contributed by atoms with Crippen LogP contribution >= 0.6 is 0 Å². The summed E-state index contributed by atoms with van der Waals surface area (Å²) in [5, 5.41) is 8.63. The topological polar surface area (TPSA) is 100 Å². The van der Waals surface area contributed by atoms with Crippen LogP contribution in [0.15, 0.2) is 66.9 Å². The Labute approximate surface area is 168 Å². The van der Waals surface area contributed by atoms with Gasteiger partial charge in [-0.15, -0.1) is 0 Å². The lowest BCUT2D eigenvalue weighted by atomic mass is 10.1. The summed E-state index contributed by atoms with van der Waals surface area (Å²) in [7, 11) is 0. The molecule has 29 heavy (non-hydrogen) atoms. The number of aromatic nitrogens is 1. The van der Waals surface area contributed by atoms with E-state index in [-0.39, 0.29) is 23.3 Å². The molecule has 1 heterocycles. The van der Waals surface area contributed by atoms with Crippen molar-refractivity contribution in [3.05, 3.63) is 78.1 Å². The molecule has 0 atom stereocenters. The van der Waals surface area contributed by atoms with Crippen molar-refractivity contribution in [2.75, 3.05) is 16.0 Å². The highest BCUT2D eigenvalue weighted by molar-refractivity contribution is 6.03. The molecule has 0 fully saturated rings. The molecule has 7 heteroatoms. The van der Waals surface area contributed by atoms with E-state index >= 15 is 0 Å². The maximum atomic E-state index is 12.3. The number of hydrogen-bond donors (Lipinski definition) is 3. The van der Waals surface area contributed by atoms with Crippen molar-refractivity contribution >= 4 is 40.3 Å². The van der Waals surface area contributed by atoms with Crippen molar-refractivity contribution in [1.82, 2.24) is 4.98 Å². The standard InChI is InChI=1S/C22H20N4O3/c1-14(27)16-3-5-19(6-4-16)26-22(29)21-12-11-20(13-23-21)25-18-9-7-17(8-10-18)24-15(2)28/h3-13,25H,1-2H3,(H,24,28)(H,26,29). The number of carbonyl (C=O) groups is 3. The van der Waals surface area contributed by atoms with E-state index in [0.717, 1.165) is 11.4 Å². The van der Waals surface area contributed by atoms with Crippen molar-refractivity contribution < 1.29 is 14.4 Å². The van der Waals surface area contributed by atoms with Crippen molar-refractivity contribution in [2.45, 2.75) is 13.8 Å². The largest absolute Gasteiger partial charge is 0.354 e. The zero-order valence-corrected chi connectivity index (χ0v) is 16.0. The van der Waals surface area contributed by atoms with E-state index in [1.807, 2.05) is 12.1 Å². The van der Waals surface area contributed by atoms with Crippen LogP contribution < -0.4 is 16.0 Å². The molecular formula is C22H20N4O3. The fourth-order valence-corrected chi connectivity index (χ4v) is 2.59. The summed E-state index contributed by atoms with van der Waals surface area (Å²) in [4.78, 5) is 38.9. The zero-order valence-electron chi connectivity index (χ0n) is 16.0. The maximum Gasteiger partial charge on any atom is 0.274 e. The molecule has 3 N–H and O–H groups in total. The van der Waals surface area contributed by atoms with Crippen LogP contribution in [0, 0.1) is 0 Å². The number of nitrogens with zero attached hydrogens (tertiary/aromatic N) is 1. The average molecular weight is 388 g/mol. The molecule has 0 aliphatic heterocycles. The van der Waals surface area contributed by atoms with Gasteiger partial charge >= 0.3 is 0 Å². The number of hydrogen-bond acceptors (Lipinski definition) is 5. The molecule has 0 aliphatic rings. The molecule has 0 bridgehead atoms. The lowest BCUT2D eigenvalue weighted by Crippen LogP contribution is -2.13. The third-order valence-corrected chi connectivity index (χ3v) is 4.04. The molecule has 7 nitrogen and oxygen atoms in total. The second-order valence-corrected chi connectivity index (χ2v) is 6.40. The Morgan fingerprint density at radius 3 is 1.79 bits per heavy atom. The van der Waals surface area contributed by atoms with E-state index in [4.69, 9.17) is 0 Å². The minimum atomic E-state index is -0.341. The quantitative estimate of drug-likeness (QED) is 0.549. The van der Waals surface area contributed by atoms with Gasteiger partial charge in [-0.1, -0.05) is 0 Å². The predicted octanol–water partition coefficient (Wildman–Crippen LogP) is 4.24. The van der Waals surface area contributed by atoms with E-state index in [2.05, 4.69) is 20.9 Å². The highest BCUT2D eigenvalue weighted by atomic mass is 16.2. The molecule has 0 aliphatic carbocycles. The first-order valence-corrected chi connectivity index (χ1v) is 8.94. The van der Waals surface area contributed by atoms with Crippen LogP contribution in [0.25, 0.3) is 0 Å².